The van der Waals surface area contributed by atoms with Gasteiger partial charge in [0.15, 0.2) is 0 Å². The van der Waals surface area contributed by atoms with Gasteiger partial charge in [-0.3, -0.25) is 4.79 Å². The molecule has 2 aromatic rings. The van der Waals surface area contributed by atoms with Crippen LogP contribution in [-0.2, 0) is 0 Å². The molecule has 2 heterocycles. The van der Waals surface area contributed by atoms with Crippen molar-refractivity contribution in [2.45, 2.75) is 32.6 Å². The summed E-state index contributed by atoms with van der Waals surface area (Å²) in [5.74, 6) is 0.567. The number of hydrogen-bond donors (Lipinski definition) is 1. The average Bonchev–Trinajstić information content (AvgIpc) is 3.10. The highest BCUT2D eigenvalue weighted by atomic mass is 16.2. The molecule has 0 unspecified atom stereocenters. The zero-order valence-electron chi connectivity index (χ0n) is 13.7. The number of aromatic nitrogens is 1. The lowest BCUT2D eigenvalue weighted by molar-refractivity contribution is 0.0787. The first kappa shape index (κ1) is 15.5. The predicted octanol–water partition coefficient (Wildman–Crippen LogP) is 4.18. The van der Waals surface area contributed by atoms with Crippen molar-refractivity contribution in [1.29, 1.82) is 0 Å². The third kappa shape index (κ3) is 3.70. The molecule has 0 spiro atoms. The maximum Gasteiger partial charge on any atom is 0.272 e. The lowest BCUT2D eigenvalue weighted by Crippen LogP contribution is -2.28. The van der Waals surface area contributed by atoms with Gasteiger partial charge in [0.25, 0.3) is 5.91 Å². The van der Waals surface area contributed by atoms with E-state index >= 15 is 0 Å². The third-order valence-corrected chi connectivity index (χ3v) is 4.24. The van der Waals surface area contributed by atoms with E-state index in [9.17, 15) is 4.79 Å². The minimum atomic E-state index is 0.0373. The number of hydrogen-bond acceptors (Lipinski definition) is 3. The number of nitrogens with one attached hydrogen (secondary N) is 1. The molecule has 4 nitrogen and oxygen atoms in total. The Balaban J connectivity index is 1.66. The zero-order valence-corrected chi connectivity index (χ0v) is 13.7. The second-order valence-corrected chi connectivity index (χ2v) is 6.33. The number of anilines is 2. The van der Waals surface area contributed by atoms with E-state index in [1.807, 2.05) is 11.0 Å². The van der Waals surface area contributed by atoms with Gasteiger partial charge < -0.3 is 10.2 Å². The smallest absolute Gasteiger partial charge is 0.272 e. The second-order valence-electron chi connectivity index (χ2n) is 6.33. The van der Waals surface area contributed by atoms with Gasteiger partial charge >= 0.3 is 0 Å². The average molecular weight is 309 g/mol. The fourth-order valence-electron chi connectivity index (χ4n) is 2.79. The normalized spacial score (nSPS) is 14.3. The summed E-state index contributed by atoms with van der Waals surface area (Å²) in [6.07, 6.45) is 3.91. The van der Waals surface area contributed by atoms with Crippen LogP contribution in [0.5, 0.6) is 0 Å². The molecule has 120 valence electrons. The summed E-state index contributed by atoms with van der Waals surface area (Å²) in [5, 5.41) is 3.32. The lowest BCUT2D eigenvalue weighted by atomic mass is 10.0. The highest BCUT2D eigenvalue weighted by Crippen LogP contribution is 2.20. The van der Waals surface area contributed by atoms with Gasteiger partial charge in [0.2, 0.25) is 0 Å². The van der Waals surface area contributed by atoms with E-state index in [2.05, 4.69) is 48.4 Å². The Labute approximate surface area is 137 Å². The standard InChI is InChI=1S/C19H23N3O/c1-14(2)15-5-7-16(8-6-15)21-17-9-10-18(20-13-17)19(23)22-11-3-4-12-22/h5-10,13-14,21H,3-4,11-12H2,1-2H3. The first-order valence-electron chi connectivity index (χ1n) is 8.26. The number of amides is 1. The Morgan fingerprint density at radius 2 is 1.70 bits per heavy atom. The van der Waals surface area contributed by atoms with Crippen molar-refractivity contribution in [1.82, 2.24) is 9.88 Å². The zero-order chi connectivity index (χ0) is 16.2. The fourth-order valence-corrected chi connectivity index (χ4v) is 2.79. The topological polar surface area (TPSA) is 45.2 Å². The fraction of sp³-hybridized carbons (Fsp3) is 0.368. The van der Waals surface area contributed by atoms with Crippen LogP contribution in [0.25, 0.3) is 0 Å². The number of benzene rings is 1. The summed E-state index contributed by atoms with van der Waals surface area (Å²) in [6, 6.07) is 12.1. The third-order valence-electron chi connectivity index (χ3n) is 4.24. The number of likely N-dealkylation sites (tertiary alicyclic amines) is 1. The first-order valence-corrected chi connectivity index (χ1v) is 8.26. The van der Waals surface area contributed by atoms with Gasteiger partial charge in [0, 0.05) is 18.8 Å². The number of pyridine rings is 1. The molecule has 0 radical (unpaired) electrons. The summed E-state index contributed by atoms with van der Waals surface area (Å²) >= 11 is 0. The molecule has 0 aliphatic carbocycles. The molecular formula is C19H23N3O. The van der Waals surface area contributed by atoms with Crippen LogP contribution in [-0.4, -0.2) is 28.9 Å². The Hall–Kier alpha value is -2.36. The summed E-state index contributed by atoms with van der Waals surface area (Å²) in [4.78, 5) is 18.4. The van der Waals surface area contributed by atoms with Crippen molar-refractivity contribution >= 4 is 17.3 Å². The van der Waals surface area contributed by atoms with E-state index in [0.717, 1.165) is 37.3 Å². The van der Waals surface area contributed by atoms with Crippen LogP contribution < -0.4 is 5.32 Å². The highest BCUT2D eigenvalue weighted by molar-refractivity contribution is 5.92. The molecule has 1 aliphatic heterocycles. The van der Waals surface area contributed by atoms with Crippen molar-refractivity contribution in [3.8, 4) is 0 Å². The van der Waals surface area contributed by atoms with Crippen LogP contribution in [0.2, 0.25) is 0 Å². The number of carbonyl (C=O) groups excluding carboxylic acids is 1. The van der Waals surface area contributed by atoms with Crippen LogP contribution in [0.1, 0.15) is 48.7 Å². The Morgan fingerprint density at radius 3 is 2.26 bits per heavy atom. The van der Waals surface area contributed by atoms with Crippen LogP contribution in [0, 0.1) is 0 Å². The minimum Gasteiger partial charge on any atom is -0.354 e. The molecule has 1 aromatic heterocycles. The summed E-state index contributed by atoms with van der Waals surface area (Å²) < 4.78 is 0. The van der Waals surface area contributed by atoms with E-state index in [1.165, 1.54) is 5.56 Å². The molecule has 3 rings (SSSR count). The predicted molar refractivity (Wildman–Crippen MR) is 93.2 cm³/mol. The number of carbonyl (C=O) groups is 1. The number of nitrogens with zero attached hydrogens (tertiary/aromatic N) is 2. The van der Waals surface area contributed by atoms with Gasteiger partial charge in [-0.05, 0) is 48.6 Å². The summed E-state index contributed by atoms with van der Waals surface area (Å²) in [6.45, 7) is 6.07. The van der Waals surface area contributed by atoms with Crippen LogP contribution >= 0.6 is 0 Å². The maximum absolute atomic E-state index is 12.3. The van der Waals surface area contributed by atoms with Crippen molar-refractivity contribution in [3.63, 3.8) is 0 Å². The molecule has 1 N–H and O–H groups in total. The van der Waals surface area contributed by atoms with Crippen molar-refractivity contribution in [2.24, 2.45) is 0 Å². The quantitative estimate of drug-likeness (QED) is 0.921. The van der Waals surface area contributed by atoms with E-state index in [4.69, 9.17) is 0 Å². The summed E-state index contributed by atoms with van der Waals surface area (Å²) in [7, 11) is 0. The van der Waals surface area contributed by atoms with Gasteiger partial charge in [-0.2, -0.15) is 0 Å². The molecule has 0 saturated carbocycles. The largest absolute Gasteiger partial charge is 0.354 e. The van der Waals surface area contributed by atoms with Crippen molar-refractivity contribution < 1.29 is 4.79 Å². The van der Waals surface area contributed by atoms with E-state index < -0.39 is 0 Å². The SMILES string of the molecule is CC(C)c1ccc(Nc2ccc(C(=O)N3CCCC3)nc2)cc1. The van der Waals surface area contributed by atoms with Crippen LogP contribution in [0.3, 0.4) is 0 Å². The van der Waals surface area contributed by atoms with Gasteiger partial charge in [-0.1, -0.05) is 26.0 Å². The Bertz CT molecular complexity index is 656. The van der Waals surface area contributed by atoms with Gasteiger partial charge in [0.1, 0.15) is 5.69 Å². The minimum absolute atomic E-state index is 0.0373. The highest BCUT2D eigenvalue weighted by Gasteiger charge is 2.20. The molecular weight excluding hydrogens is 286 g/mol. The molecule has 0 atom stereocenters. The molecule has 4 heteroatoms. The lowest BCUT2D eigenvalue weighted by Gasteiger charge is -2.14. The van der Waals surface area contributed by atoms with Gasteiger partial charge in [-0.25, -0.2) is 4.98 Å². The van der Waals surface area contributed by atoms with Gasteiger partial charge in [0.05, 0.1) is 11.9 Å². The number of rotatable bonds is 4. The van der Waals surface area contributed by atoms with Crippen molar-refractivity contribution in [2.75, 3.05) is 18.4 Å². The summed E-state index contributed by atoms with van der Waals surface area (Å²) in [5.41, 5.74) is 3.75. The monoisotopic (exact) mass is 309 g/mol. The van der Waals surface area contributed by atoms with Crippen LogP contribution in [0.4, 0.5) is 11.4 Å². The Kier molecular flexibility index (Phi) is 4.60. The molecule has 1 aliphatic rings. The maximum atomic E-state index is 12.3. The van der Waals surface area contributed by atoms with E-state index in [0.29, 0.717) is 11.6 Å². The second kappa shape index (κ2) is 6.82. The molecule has 1 amide bonds. The molecule has 23 heavy (non-hydrogen) atoms. The molecule has 1 fully saturated rings. The van der Waals surface area contributed by atoms with Crippen LogP contribution in [0.15, 0.2) is 42.6 Å². The Morgan fingerprint density at radius 1 is 1.04 bits per heavy atom. The van der Waals surface area contributed by atoms with E-state index in [1.54, 1.807) is 12.3 Å². The molecule has 1 saturated heterocycles. The molecule has 0 bridgehead atoms. The first-order chi connectivity index (χ1) is 11.1. The molecule has 1 aromatic carbocycles. The van der Waals surface area contributed by atoms with Gasteiger partial charge in [-0.15, -0.1) is 0 Å². The van der Waals surface area contributed by atoms with E-state index in [-0.39, 0.29) is 5.91 Å². The van der Waals surface area contributed by atoms with Crippen molar-refractivity contribution in [3.05, 3.63) is 53.9 Å².